The van der Waals surface area contributed by atoms with Gasteiger partial charge >= 0.3 is 6.09 Å². The van der Waals surface area contributed by atoms with Crippen molar-refractivity contribution in [1.82, 2.24) is 25.2 Å². The first-order valence-electron chi connectivity index (χ1n) is 14.5. The Kier molecular flexibility index (Phi) is 9.58. The molecule has 2 aromatic heterocycles. The van der Waals surface area contributed by atoms with E-state index in [-0.39, 0.29) is 18.7 Å². The molecule has 10 heteroatoms. The molecular formula is C33H37N7O3. The number of likely N-dealkylation sites (tertiary alicyclic amines) is 1. The minimum atomic E-state index is -0.396. The van der Waals surface area contributed by atoms with Gasteiger partial charge in [-0.15, -0.1) is 0 Å². The van der Waals surface area contributed by atoms with Crippen LogP contribution in [0.25, 0.3) is 11.3 Å². The standard InChI is InChI=1S/C33H37N7O3/c1-22(2)36-33(42)43-21-40-17-5-7-27(20-40)24-9-11-25(12-10-24)31(41)37-28-13-8-23(3)30(18-28)39-32-35-16-14-29(38-32)26-6-4-15-34-19-26/h4,6,8-16,18-19,22,27H,5,7,17,20-21H2,1-3H3,(H,36,42)(H,37,41)(H,35,38,39). The molecule has 1 aliphatic rings. The van der Waals surface area contributed by atoms with Crippen LogP contribution in [0.5, 0.6) is 0 Å². The molecule has 43 heavy (non-hydrogen) atoms. The highest BCUT2D eigenvalue weighted by atomic mass is 16.6. The average Bonchev–Trinajstić information content (AvgIpc) is 3.02. The van der Waals surface area contributed by atoms with E-state index in [1.807, 2.05) is 81.4 Å². The van der Waals surface area contributed by atoms with Gasteiger partial charge in [-0.05, 0) is 93.1 Å². The smallest absolute Gasteiger partial charge is 0.408 e. The Bertz CT molecular complexity index is 1540. The highest BCUT2D eigenvalue weighted by Gasteiger charge is 2.22. The predicted molar refractivity (Wildman–Crippen MR) is 167 cm³/mol. The Morgan fingerprint density at radius 1 is 1.07 bits per heavy atom. The summed E-state index contributed by atoms with van der Waals surface area (Å²) in [6.07, 6.45) is 6.86. The van der Waals surface area contributed by atoms with Crippen LogP contribution < -0.4 is 16.0 Å². The van der Waals surface area contributed by atoms with E-state index in [4.69, 9.17) is 4.74 Å². The maximum Gasteiger partial charge on any atom is 0.408 e. The van der Waals surface area contributed by atoms with Crippen molar-refractivity contribution in [2.75, 3.05) is 30.5 Å². The lowest BCUT2D eigenvalue weighted by molar-refractivity contribution is 0.0517. The van der Waals surface area contributed by atoms with Crippen LogP contribution >= 0.6 is 0 Å². The van der Waals surface area contributed by atoms with E-state index in [2.05, 4.69) is 35.8 Å². The number of rotatable bonds is 9. The number of benzene rings is 2. The van der Waals surface area contributed by atoms with Crippen LogP contribution in [-0.4, -0.2) is 57.7 Å². The number of carbonyl (C=O) groups excluding carboxylic acids is 2. The van der Waals surface area contributed by atoms with E-state index < -0.39 is 6.09 Å². The van der Waals surface area contributed by atoms with Gasteiger partial charge in [-0.3, -0.25) is 14.7 Å². The number of nitrogens with zero attached hydrogens (tertiary/aromatic N) is 4. The summed E-state index contributed by atoms with van der Waals surface area (Å²) >= 11 is 0. The van der Waals surface area contributed by atoms with Gasteiger partial charge in [0.25, 0.3) is 5.91 Å². The molecule has 1 atom stereocenters. The number of hydrogen-bond acceptors (Lipinski definition) is 8. The summed E-state index contributed by atoms with van der Waals surface area (Å²) in [4.78, 5) is 40.3. The summed E-state index contributed by atoms with van der Waals surface area (Å²) in [5.74, 6) is 0.577. The highest BCUT2D eigenvalue weighted by molar-refractivity contribution is 6.04. The molecule has 3 N–H and O–H groups in total. The second-order valence-electron chi connectivity index (χ2n) is 11.0. The zero-order valence-electron chi connectivity index (χ0n) is 24.7. The second-order valence-corrected chi connectivity index (χ2v) is 11.0. The zero-order chi connectivity index (χ0) is 30.2. The zero-order valence-corrected chi connectivity index (χ0v) is 24.7. The van der Waals surface area contributed by atoms with Crippen molar-refractivity contribution < 1.29 is 14.3 Å². The van der Waals surface area contributed by atoms with Gasteiger partial charge in [-0.2, -0.15) is 0 Å². The van der Waals surface area contributed by atoms with E-state index >= 15 is 0 Å². The largest absolute Gasteiger partial charge is 0.433 e. The minimum Gasteiger partial charge on any atom is -0.433 e. The lowest BCUT2D eigenvalue weighted by Crippen LogP contribution is -2.39. The average molecular weight is 580 g/mol. The number of aromatic nitrogens is 3. The van der Waals surface area contributed by atoms with Gasteiger partial charge < -0.3 is 20.7 Å². The summed E-state index contributed by atoms with van der Waals surface area (Å²) in [5, 5.41) is 9.03. The molecule has 5 rings (SSSR count). The molecule has 2 amide bonds. The number of carbonyl (C=O) groups is 2. The summed E-state index contributed by atoms with van der Waals surface area (Å²) < 4.78 is 5.37. The SMILES string of the molecule is Cc1ccc(NC(=O)c2ccc(C3CCCN(COC(=O)NC(C)C)C3)cc2)cc1Nc1nccc(-c2cccnc2)n1. The van der Waals surface area contributed by atoms with Crippen LogP contribution in [0.3, 0.4) is 0 Å². The van der Waals surface area contributed by atoms with Crippen LogP contribution in [0.1, 0.15) is 54.1 Å². The Hall–Kier alpha value is -4.83. The van der Waals surface area contributed by atoms with Crippen molar-refractivity contribution in [3.05, 3.63) is 95.9 Å². The highest BCUT2D eigenvalue weighted by Crippen LogP contribution is 2.28. The third-order valence-corrected chi connectivity index (χ3v) is 7.29. The van der Waals surface area contributed by atoms with Crippen molar-refractivity contribution in [2.45, 2.75) is 45.6 Å². The summed E-state index contributed by atoms with van der Waals surface area (Å²) in [6, 6.07) is 19.1. The molecule has 1 fully saturated rings. The molecule has 0 radical (unpaired) electrons. The van der Waals surface area contributed by atoms with Crippen molar-refractivity contribution in [1.29, 1.82) is 0 Å². The maximum absolute atomic E-state index is 13.1. The van der Waals surface area contributed by atoms with Crippen molar-refractivity contribution in [3.8, 4) is 11.3 Å². The van der Waals surface area contributed by atoms with Gasteiger partial charge in [0.15, 0.2) is 0 Å². The Morgan fingerprint density at radius 3 is 2.67 bits per heavy atom. The third kappa shape index (κ3) is 8.14. The van der Waals surface area contributed by atoms with Crippen molar-refractivity contribution >= 4 is 29.3 Å². The van der Waals surface area contributed by atoms with Crippen molar-refractivity contribution in [3.63, 3.8) is 0 Å². The summed E-state index contributed by atoms with van der Waals surface area (Å²) in [5.41, 5.74) is 5.86. The van der Waals surface area contributed by atoms with Crippen LogP contribution in [0, 0.1) is 6.92 Å². The lowest BCUT2D eigenvalue weighted by atomic mass is 9.90. The summed E-state index contributed by atoms with van der Waals surface area (Å²) in [7, 11) is 0. The van der Waals surface area contributed by atoms with Crippen LogP contribution in [0.2, 0.25) is 0 Å². The van der Waals surface area contributed by atoms with E-state index in [1.165, 1.54) is 5.56 Å². The first kappa shape index (κ1) is 29.7. The normalized spacial score (nSPS) is 15.1. The first-order chi connectivity index (χ1) is 20.8. The number of aryl methyl sites for hydroxylation is 1. The minimum absolute atomic E-state index is 0.0396. The molecule has 0 aliphatic carbocycles. The van der Waals surface area contributed by atoms with Gasteiger partial charge in [0.05, 0.1) is 5.69 Å². The number of hydrogen-bond donors (Lipinski definition) is 3. The molecule has 3 heterocycles. The molecule has 222 valence electrons. The van der Waals surface area contributed by atoms with Gasteiger partial charge in [-0.25, -0.2) is 14.8 Å². The molecule has 4 aromatic rings. The predicted octanol–water partition coefficient (Wildman–Crippen LogP) is 6.11. The topological polar surface area (TPSA) is 121 Å². The Labute approximate surface area is 251 Å². The third-order valence-electron chi connectivity index (χ3n) is 7.29. The van der Waals surface area contributed by atoms with Gasteiger partial charge in [-0.1, -0.05) is 18.2 Å². The number of nitrogens with one attached hydrogen (secondary N) is 3. The quantitative estimate of drug-likeness (QED) is 0.217. The fraction of sp³-hybridized carbons (Fsp3) is 0.303. The van der Waals surface area contributed by atoms with E-state index in [0.717, 1.165) is 48.4 Å². The Balaban J connectivity index is 1.19. The number of pyridine rings is 1. The number of alkyl carbamates (subject to hydrolysis) is 1. The molecule has 0 bridgehead atoms. The number of piperidine rings is 1. The second kappa shape index (κ2) is 13.9. The monoisotopic (exact) mass is 579 g/mol. The van der Waals surface area contributed by atoms with Crippen LogP contribution in [0.4, 0.5) is 22.1 Å². The lowest BCUT2D eigenvalue weighted by Gasteiger charge is -2.32. The van der Waals surface area contributed by atoms with Gasteiger partial charge in [0, 0.05) is 60.2 Å². The van der Waals surface area contributed by atoms with Crippen molar-refractivity contribution in [2.24, 2.45) is 0 Å². The number of amides is 2. The molecule has 1 unspecified atom stereocenters. The number of anilines is 3. The van der Waals surface area contributed by atoms with E-state index in [1.54, 1.807) is 18.6 Å². The van der Waals surface area contributed by atoms with Crippen LogP contribution in [0.15, 0.2) is 79.3 Å². The summed E-state index contributed by atoms with van der Waals surface area (Å²) in [6.45, 7) is 7.74. The number of ether oxygens (including phenoxy) is 1. The first-order valence-corrected chi connectivity index (χ1v) is 14.5. The fourth-order valence-corrected chi connectivity index (χ4v) is 5.03. The maximum atomic E-state index is 13.1. The van der Waals surface area contributed by atoms with Crippen LogP contribution in [-0.2, 0) is 4.74 Å². The Morgan fingerprint density at radius 2 is 1.91 bits per heavy atom. The molecule has 0 saturated carbocycles. The van der Waals surface area contributed by atoms with E-state index in [9.17, 15) is 9.59 Å². The van der Waals surface area contributed by atoms with E-state index in [0.29, 0.717) is 23.1 Å². The molecule has 1 aliphatic heterocycles. The molecule has 2 aromatic carbocycles. The molecular weight excluding hydrogens is 542 g/mol. The molecule has 0 spiro atoms. The molecule has 1 saturated heterocycles. The fourth-order valence-electron chi connectivity index (χ4n) is 5.03. The molecule has 10 nitrogen and oxygen atoms in total. The van der Waals surface area contributed by atoms with Gasteiger partial charge in [0.2, 0.25) is 5.95 Å². The van der Waals surface area contributed by atoms with Gasteiger partial charge in [0.1, 0.15) is 6.73 Å².